The molecule has 3 amide bonds. The summed E-state index contributed by atoms with van der Waals surface area (Å²) in [6.45, 7) is 10.7. The van der Waals surface area contributed by atoms with Crippen LogP contribution >= 0.6 is 11.5 Å². The standard InChI is InChI=1S/C28H36FN5O6S/c1-27(2,3)39-25(36)31-18-13-38-10-9-16(18)30-23-21(29)15-12-34(26(37)40-28(4,5)6)24(35)20(15)22(32-23)19-11-17(33-41-19)14-7-8-14/h11,14,16,18H,7-10,12-13H2,1-6H3,(H,30,32)(H,31,36)/t16-,18+/m1/s1. The van der Waals surface area contributed by atoms with Crippen molar-refractivity contribution in [3.05, 3.63) is 28.7 Å². The number of fused-ring (bicyclic) bond motifs is 1. The Bertz CT molecular complexity index is 1360. The fourth-order valence-corrected chi connectivity index (χ4v) is 5.57. The number of rotatable bonds is 5. The molecule has 13 heteroatoms. The summed E-state index contributed by atoms with van der Waals surface area (Å²) in [7, 11) is 0. The number of alkyl carbamates (subject to hydrolysis) is 1. The molecule has 0 aromatic carbocycles. The predicted molar refractivity (Wildman–Crippen MR) is 149 cm³/mol. The molecule has 11 nitrogen and oxygen atoms in total. The first-order valence-electron chi connectivity index (χ1n) is 13.8. The van der Waals surface area contributed by atoms with Gasteiger partial charge in [0.05, 0.1) is 47.1 Å². The number of halogens is 1. The Labute approximate surface area is 242 Å². The highest BCUT2D eigenvalue weighted by Gasteiger charge is 2.42. The van der Waals surface area contributed by atoms with Gasteiger partial charge in [0.15, 0.2) is 11.6 Å². The summed E-state index contributed by atoms with van der Waals surface area (Å²) in [5.74, 6) is -1.11. The van der Waals surface area contributed by atoms with Crippen LogP contribution in [0.1, 0.15) is 88.3 Å². The topological polar surface area (TPSA) is 132 Å². The van der Waals surface area contributed by atoms with Crippen LogP contribution in [-0.2, 0) is 20.8 Å². The van der Waals surface area contributed by atoms with Gasteiger partial charge in [-0.1, -0.05) is 0 Å². The number of hydrogen-bond donors (Lipinski definition) is 2. The molecule has 2 fully saturated rings. The van der Waals surface area contributed by atoms with E-state index >= 15 is 4.39 Å². The largest absolute Gasteiger partial charge is 0.444 e. The molecule has 0 spiro atoms. The molecule has 0 radical (unpaired) electrons. The summed E-state index contributed by atoms with van der Waals surface area (Å²) in [5.41, 5.74) is -0.271. The summed E-state index contributed by atoms with van der Waals surface area (Å²) in [4.78, 5) is 45.0. The summed E-state index contributed by atoms with van der Waals surface area (Å²) in [5, 5.41) is 5.96. The minimum absolute atomic E-state index is 0.0281. The summed E-state index contributed by atoms with van der Waals surface area (Å²) in [6, 6.07) is 0.921. The van der Waals surface area contributed by atoms with Crippen molar-refractivity contribution in [2.75, 3.05) is 18.5 Å². The van der Waals surface area contributed by atoms with E-state index < -0.39 is 47.2 Å². The highest BCUT2D eigenvalue weighted by molar-refractivity contribution is 7.09. The van der Waals surface area contributed by atoms with Gasteiger partial charge in [-0.25, -0.2) is 23.9 Å². The van der Waals surface area contributed by atoms with Crippen LogP contribution < -0.4 is 10.6 Å². The Hall–Kier alpha value is -3.32. The van der Waals surface area contributed by atoms with Crippen molar-refractivity contribution in [1.82, 2.24) is 19.6 Å². The van der Waals surface area contributed by atoms with E-state index in [0.29, 0.717) is 23.8 Å². The Balaban J connectivity index is 1.48. The Morgan fingerprint density at radius 2 is 1.80 bits per heavy atom. The van der Waals surface area contributed by atoms with Crippen LogP contribution in [0, 0.1) is 5.82 Å². The van der Waals surface area contributed by atoms with Crippen molar-refractivity contribution in [2.45, 2.75) is 96.6 Å². The molecule has 4 heterocycles. The third-order valence-electron chi connectivity index (χ3n) is 6.76. The second-order valence-electron chi connectivity index (χ2n) is 12.6. The van der Waals surface area contributed by atoms with Gasteiger partial charge in [-0.2, -0.15) is 4.37 Å². The molecular formula is C28H36FN5O6S. The van der Waals surface area contributed by atoms with E-state index in [1.54, 1.807) is 41.5 Å². The van der Waals surface area contributed by atoms with E-state index in [2.05, 4.69) is 20.0 Å². The molecule has 222 valence electrons. The van der Waals surface area contributed by atoms with Gasteiger partial charge in [-0.15, -0.1) is 0 Å². The van der Waals surface area contributed by atoms with Crippen molar-refractivity contribution >= 4 is 35.4 Å². The van der Waals surface area contributed by atoms with Gasteiger partial charge in [0, 0.05) is 18.1 Å². The van der Waals surface area contributed by atoms with Gasteiger partial charge in [0.2, 0.25) is 0 Å². The van der Waals surface area contributed by atoms with Crippen LogP contribution in [0.25, 0.3) is 10.6 Å². The minimum atomic E-state index is -0.854. The molecule has 2 atom stereocenters. The van der Waals surface area contributed by atoms with Crippen molar-refractivity contribution in [1.29, 1.82) is 0 Å². The van der Waals surface area contributed by atoms with E-state index in [1.807, 2.05) is 6.07 Å². The van der Waals surface area contributed by atoms with Crippen molar-refractivity contribution in [2.24, 2.45) is 0 Å². The molecule has 41 heavy (non-hydrogen) atoms. The summed E-state index contributed by atoms with van der Waals surface area (Å²) in [6.07, 6.45) is 1.09. The lowest BCUT2D eigenvalue weighted by Gasteiger charge is -2.33. The maximum atomic E-state index is 16.1. The number of hydrogen-bond acceptors (Lipinski definition) is 10. The second kappa shape index (κ2) is 10.8. The first-order chi connectivity index (χ1) is 19.2. The number of carbonyl (C=O) groups excluding carboxylic acids is 3. The number of imide groups is 1. The lowest BCUT2D eigenvalue weighted by Crippen LogP contribution is -2.53. The maximum Gasteiger partial charge on any atom is 0.417 e. The van der Waals surface area contributed by atoms with Gasteiger partial charge in [0.25, 0.3) is 5.91 Å². The number of anilines is 1. The van der Waals surface area contributed by atoms with Crippen LogP contribution in [0.15, 0.2) is 6.07 Å². The van der Waals surface area contributed by atoms with Crippen LogP contribution in [-0.4, -0.2) is 68.9 Å². The molecule has 0 unspecified atom stereocenters. The van der Waals surface area contributed by atoms with E-state index in [4.69, 9.17) is 14.2 Å². The highest BCUT2D eigenvalue weighted by Crippen LogP contribution is 2.43. The summed E-state index contributed by atoms with van der Waals surface area (Å²) >= 11 is 1.19. The van der Waals surface area contributed by atoms with E-state index in [1.165, 1.54) is 11.5 Å². The average molecular weight is 590 g/mol. The van der Waals surface area contributed by atoms with E-state index in [-0.39, 0.29) is 35.8 Å². The van der Waals surface area contributed by atoms with Crippen LogP contribution in [0.2, 0.25) is 0 Å². The second-order valence-corrected chi connectivity index (χ2v) is 13.4. The molecule has 3 aliphatic rings. The van der Waals surface area contributed by atoms with Gasteiger partial charge < -0.3 is 24.8 Å². The third-order valence-corrected chi connectivity index (χ3v) is 7.57. The fraction of sp³-hybridized carbons (Fsp3) is 0.607. The molecule has 2 aromatic heterocycles. The molecule has 0 bridgehead atoms. The summed E-state index contributed by atoms with van der Waals surface area (Å²) < 4.78 is 37.0. The minimum Gasteiger partial charge on any atom is -0.444 e. The maximum absolute atomic E-state index is 16.1. The molecule has 1 saturated heterocycles. The first kappa shape index (κ1) is 29.2. The Morgan fingerprint density at radius 1 is 1.10 bits per heavy atom. The number of aromatic nitrogens is 2. The molecule has 1 saturated carbocycles. The van der Waals surface area contributed by atoms with Gasteiger partial charge in [0.1, 0.15) is 11.2 Å². The SMILES string of the molecule is CC(C)(C)OC(=O)N[C@H]1COCC[C@H]1Nc1nc(-c2cc(C3CC3)ns2)c2c(c1F)CN(C(=O)OC(C)(C)C)C2=O. The third kappa shape index (κ3) is 6.61. The smallest absolute Gasteiger partial charge is 0.417 e. The Kier molecular flexibility index (Phi) is 7.70. The number of carbonyl (C=O) groups is 3. The van der Waals surface area contributed by atoms with Gasteiger partial charge in [-0.05, 0) is 78.4 Å². The number of nitrogens with zero attached hydrogens (tertiary/aromatic N) is 3. The first-order valence-corrected chi connectivity index (χ1v) is 14.6. The van der Waals surface area contributed by atoms with Gasteiger partial charge in [-0.3, -0.25) is 4.79 Å². The highest BCUT2D eigenvalue weighted by atomic mass is 32.1. The van der Waals surface area contributed by atoms with Crippen molar-refractivity contribution < 1.29 is 33.0 Å². The number of amides is 3. The lowest BCUT2D eigenvalue weighted by atomic mass is 10.0. The molecule has 5 rings (SSSR count). The fourth-order valence-electron chi connectivity index (χ4n) is 4.75. The van der Waals surface area contributed by atoms with Crippen molar-refractivity contribution in [3.8, 4) is 10.6 Å². The van der Waals surface area contributed by atoms with Gasteiger partial charge >= 0.3 is 12.2 Å². The molecule has 1 aliphatic carbocycles. The van der Waals surface area contributed by atoms with Crippen LogP contribution in [0.3, 0.4) is 0 Å². The Morgan fingerprint density at radius 3 is 2.46 bits per heavy atom. The molecule has 2 N–H and O–H groups in total. The van der Waals surface area contributed by atoms with Crippen molar-refractivity contribution in [3.63, 3.8) is 0 Å². The van der Waals surface area contributed by atoms with E-state index in [9.17, 15) is 14.4 Å². The van der Waals surface area contributed by atoms with Crippen LogP contribution in [0.5, 0.6) is 0 Å². The quantitative estimate of drug-likeness (QED) is 0.483. The zero-order chi connectivity index (χ0) is 29.7. The number of ether oxygens (including phenoxy) is 3. The number of nitrogens with one attached hydrogen (secondary N) is 2. The van der Waals surface area contributed by atoms with E-state index in [0.717, 1.165) is 23.4 Å². The molecule has 2 aromatic rings. The predicted octanol–water partition coefficient (Wildman–Crippen LogP) is 5.21. The average Bonchev–Trinajstić information content (AvgIpc) is 3.48. The molecular weight excluding hydrogens is 553 g/mol. The van der Waals surface area contributed by atoms with Crippen LogP contribution in [0.4, 0.5) is 19.8 Å². The number of pyridine rings is 1. The zero-order valence-electron chi connectivity index (χ0n) is 24.1. The lowest BCUT2D eigenvalue weighted by molar-refractivity contribution is 0.0246. The zero-order valence-corrected chi connectivity index (χ0v) is 24.9. The monoisotopic (exact) mass is 589 g/mol. The normalized spacial score (nSPS) is 21.0. The molecule has 2 aliphatic heterocycles.